The first-order valence-electron chi connectivity index (χ1n) is 9.16. The standard InChI is InChI=1S/C24H18N2O2/c1-2-7-17(8-3-1)16-28-24-19-10-5-4-9-18(19)12-13-20(24)21-15-22(26-25-21)23-11-6-14-27-23/h1-15H,16H2,(H,25,26). The van der Waals surface area contributed by atoms with Gasteiger partial charge in [-0.2, -0.15) is 5.10 Å². The average Bonchev–Trinajstić information content (AvgIpc) is 3.44. The van der Waals surface area contributed by atoms with Crippen LogP contribution in [0.1, 0.15) is 5.56 Å². The molecule has 4 heteroatoms. The normalized spacial score (nSPS) is 11.0. The first-order valence-corrected chi connectivity index (χ1v) is 9.16. The fourth-order valence-corrected chi connectivity index (χ4v) is 3.35. The van der Waals surface area contributed by atoms with Gasteiger partial charge in [-0.25, -0.2) is 0 Å². The summed E-state index contributed by atoms with van der Waals surface area (Å²) < 4.78 is 11.8. The van der Waals surface area contributed by atoms with Crippen molar-refractivity contribution in [2.24, 2.45) is 0 Å². The molecule has 5 aromatic rings. The predicted octanol–water partition coefficient (Wildman–Crippen LogP) is 6.07. The van der Waals surface area contributed by atoms with Crippen LogP contribution < -0.4 is 4.74 Å². The highest BCUT2D eigenvalue weighted by atomic mass is 16.5. The molecule has 3 aromatic carbocycles. The van der Waals surface area contributed by atoms with E-state index in [-0.39, 0.29) is 0 Å². The molecule has 1 N–H and O–H groups in total. The smallest absolute Gasteiger partial charge is 0.151 e. The van der Waals surface area contributed by atoms with E-state index in [1.807, 2.05) is 48.5 Å². The Bertz CT molecular complexity index is 1210. The van der Waals surface area contributed by atoms with Gasteiger partial charge in [0.2, 0.25) is 0 Å². The second-order valence-electron chi connectivity index (χ2n) is 6.58. The van der Waals surface area contributed by atoms with E-state index in [1.54, 1.807) is 6.26 Å². The molecule has 0 aliphatic heterocycles. The minimum atomic E-state index is 0.497. The molecule has 136 valence electrons. The van der Waals surface area contributed by atoms with E-state index in [9.17, 15) is 0 Å². The Morgan fingerprint density at radius 1 is 0.857 bits per heavy atom. The molecule has 0 radical (unpaired) electrons. The fraction of sp³-hybridized carbons (Fsp3) is 0.0417. The van der Waals surface area contributed by atoms with Crippen molar-refractivity contribution < 1.29 is 9.15 Å². The maximum atomic E-state index is 6.31. The van der Waals surface area contributed by atoms with Crippen molar-refractivity contribution in [1.82, 2.24) is 10.2 Å². The number of nitrogens with one attached hydrogen (secondary N) is 1. The van der Waals surface area contributed by atoms with Gasteiger partial charge < -0.3 is 9.15 Å². The number of aromatic amines is 1. The second kappa shape index (κ2) is 7.08. The van der Waals surface area contributed by atoms with Gasteiger partial charge >= 0.3 is 0 Å². The molecule has 0 fully saturated rings. The number of H-pyrrole nitrogens is 1. The van der Waals surface area contributed by atoms with Gasteiger partial charge in [0.15, 0.2) is 5.76 Å². The lowest BCUT2D eigenvalue weighted by Gasteiger charge is -2.13. The van der Waals surface area contributed by atoms with E-state index < -0.39 is 0 Å². The van der Waals surface area contributed by atoms with Crippen molar-refractivity contribution >= 4 is 10.8 Å². The molecule has 0 aliphatic carbocycles. The molecule has 0 saturated heterocycles. The molecule has 0 spiro atoms. The summed E-state index contributed by atoms with van der Waals surface area (Å²) in [5.41, 5.74) is 3.73. The van der Waals surface area contributed by atoms with Crippen molar-refractivity contribution in [3.05, 3.63) is 96.8 Å². The average molecular weight is 366 g/mol. The molecule has 0 saturated carbocycles. The van der Waals surface area contributed by atoms with E-state index in [0.29, 0.717) is 6.61 Å². The van der Waals surface area contributed by atoms with Crippen molar-refractivity contribution in [3.8, 4) is 28.5 Å². The Morgan fingerprint density at radius 2 is 1.71 bits per heavy atom. The Balaban J connectivity index is 1.58. The molecule has 0 unspecified atom stereocenters. The third-order valence-electron chi connectivity index (χ3n) is 4.75. The van der Waals surface area contributed by atoms with Crippen LogP contribution in [0, 0.1) is 0 Å². The molecule has 2 aromatic heterocycles. The number of furan rings is 1. The lowest BCUT2D eigenvalue weighted by Crippen LogP contribution is -1.98. The maximum absolute atomic E-state index is 6.31. The summed E-state index contributed by atoms with van der Waals surface area (Å²) in [6, 6.07) is 28.3. The summed E-state index contributed by atoms with van der Waals surface area (Å²) in [4.78, 5) is 0. The van der Waals surface area contributed by atoms with Gasteiger partial charge in [-0.3, -0.25) is 5.10 Å². The van der Waals surface area contributed by atoms with Crippen LogP contribution in [0.25, 0.3) is 33.5 Å². The number of hydrogen-bond donors (Lipinski definition) is 1. The van der Waals surface area contributed by atoms with Gasteiger partial charge in [0.05, 0.1) is 12.0 Å². The van der Waals surface area contributed by atoms with Gasteiger partial charge in [0.25, 0.3) is 0 Å². The van der Waals surface area contributed by atoms with E-state index in [2.05, 4.69) is 46.6 Å². The number of rotatable bonds is 5. The van der Waals surface area contributed by atoms with Crippen LogP contribution in [0.15, 0.2) is 95.6 Å². The largest absolute Gasteiger partial charge is 0.488 e. The van der Waals surface area contributed by atoms with E-state index >= 15 is 0 Å². The quantitative estimate of drug-likeness (QED) is 0.411. The Hall–Kier alpha value is -3.79. The summed E-state index contributed by atoms with van der Waals surface area (Å²) in [7, 11) is 0. The zero-order valence-corrected chi connectivity index (χ0v) is 15.1. The van der Waals surface area contributed by atoms with Gasteiger partial charge in [0.1, 0.15) is 18.1 Å². The highest BCUT2D eigenvalue weighted by Gasteiger charge is 2.15. The number of fused-ring (bicyclic) bond motifs is 1. The molecule has 0 atom stereocenters. The first-order chi connectivity index (χ1) is 13.9. The van der Waals surface area contributed by atoms with Crippen LogP contribution in [0.5, 0.6) is 5.75 Å². The number of hydrogen-bond acceptors (Lipinski definition) is 3. The summed E-state index contributed by atoms with van der Waals surface area (Å²) in [6.45, 7) is 0.497. The number of nitrogens with zero attached hydrogens (tertiary/aromatic N) is 1. The second-order valence-corrected chi connectivity index (χ2v) is 6.58. The highest BCUT2D eigenvalue weighted by Crippen LogP contribution is 2.37. The van der Waals surface area contributed by atoms with Crippen LogP contribution in [0.3, 0.4) is 0 Å². The Labute approximate surface area is 162 Å². The van der Waals surface area contributed by atoms with Gasteiger partial charge in [-0.05, 0) is 35.2 Å². The van der Waals surface area contributed by atoms with Gasteiger partial charge in [0, 0.05) is 10.9 Å². The lowest BCUT2D eigenvalue weighted by atomic mass is 10.0. The van der Waals surface area contributed by atoms with E-state index in [1.165, 1.54) is 0 Å². The summed E-state index contributed by atoms with van der Waals surface area (Å²) >= 11 is 0. The number of ether oxygens (including phenoxy) is 1. The van der Waals surface area contributed by atoms with Crippen LogP contribution in [-0.4, -0.2) is 10.2 Å². The van der Waals surface area contributed by atoms with Crippen LogP contribution in [0.2, 0.25) is 0 Å². The Kier molecular flexibility index (Phi) is 4.14. The van der Waals surface area contributed by atoms with Crippen molar-refractivity contribution in [2.75, 3.05) is 0 Å². The minimum Gasteiger partial charge on any atom is -0.488 e. The minimum absolute atomic E-state index is 0.497. The van der Waals surface area contributed by atoms with Gasteiger partial charge in [-0.1, -0.05) is 60.7 Å². The molecule has 4 nitrogen and oxygen atoms in total. The number of aromatic nitrogens is 2. The molecule has 0 aliphatic rings. The zero-order chi connectivity index (χ0) is 18.8. The maximum Gasteiger partial charge on any atom is 0.151 e. The summed E-state index contributed by atoms with van der Waals surface area (Å²) in [5, 5.41) is 9.76. The molecule has 5 rings (SSSR count). The van der Waals surface area contributed by atoms with Crippen molar-refractivity contribution in [2.45, 2.75) is 6.61 Å². The summed E-state index contributed by atoms with van der Waals surface area (Å²) in [5.74, 6) is 1.59. The molecular formula is C24H18N2O2. The third kappa shape index (κ3) is 3.05. The first kappa shape index (κ1) is 16.4. The van der Waals surface area contributed by atoms with Crippen molar-refractivity contribution in [1.29, 1.82) is 0 Å². The molecule has 2 heterocycles. The monoisotopic (exact) mass is 366 g/mol. The molecular weight excluding hydrogens is 348 g/mol. The molecule has 28 heavy (non-hydrogen) atoms. The predicted molar refractivity (Wildman–Crippen MR) is 110 cm³/mol. The molecule has 0 amide bonds. The topological polar surface area (TPSA) is 51.0 Å². The third-order valence-corrected chi connectivity index (χ3v) is 4.75. The van der Waals surface area contributed by atoms with Gasteiger partial charge in [-0.15, -0.1) is 0 Å². The molecule has 0 bridgehead atoms. The fourth-order valence-electron chi connectivity index (χ4n) is 3.35. The van der Waals surface area contributed by atoms with Crippen LogP contribution >= 0.6 is 0 Å². The van der Waals surface area contributed by atoms with E-state index in [0.717, 1.165) is 44.8 Å². The summed E-state index contributed by atoms with van der Waals surface area (Å²) in [6.07, 6.45) is 1.65. The van der Waals surface area contributed by atoms with Crippen molar-refractivity contribution in [3.63, 3.8) is 0 Å². The number of benzene rings is 3. The van der Waals surface area contributed by atoms with Crippen LogP contribution in [-0.2, 0) is 6.61 Å². The Morgan fingerprint density at radius 3 is 2.57 bits per heavy atom. The highest BCUT2D eigenvalue weighted by molar-refractivity contribution is 5.94. The van der Waals surface area contributed by atoms with Crippen LogP contribution in [0.4, 0.5) is 0 Å². The SMILES string of the molecule is c1ccc(COc2c(-c3cc(-c4ccco4)[nH]n3)ccc3ccccc23)cc1. The van der Waals surface area contributed by atoms with E-state index in [4.69, 9.17) is 9.15 Å². The zero-order valence-electron chi connectivity index (χ0n) is 15.1. The lowest BCUT2D eigenvalue weighted by molar-refractivity contribution is 0.311.